The van der Waals surface area contributed by atoms with E-state index >= 15 is 0 Å². The fourth-order valence-corrected chi connectivity index (χ4v) is 1.61. The second-order valence-electron chi connectivity index (χ2n) is 5.35. The summed E-state index contributed by atoms with van der Waals surface area (Å²) in [6, 6.07) is 0. The molecule has 0 aromatic rings. The molecule has 0 aliphatic heterocycles. The van der Waals surface area contributed by atoms with Crippen LogP contribution in [0.4, 0.5) is 8.78 Å². The minimum Gasteiger partial charge on any atom is -0.394 e. The lowest BCUT2D eigenvalue weighted by atomic mass is 9.73. The molecule has 0 heterocycles. The Balaban J connectivity index is 2.61. The highest BCUT2D eigenvalue weighted by atomic mass is 19.3. The van der Waals surface area contributed by atoms with E-state index in [4.69, 9.17) is 5.11 Å². The Morgan fingerprint density at radius 2 is 1.87 bits per heavy atom. The zero-order valence-corrected chi connectivity index (χ0v) is 9.23. The molecule has 0 bridgehead atoms. The first kappa shape index (κ1) is 12.4. The van der Waals surface area contributed by atoms with Crippen molar-refractivity contribution in [2.75, 3.05) is 6.61 Å². The topological polar surface area (TPSA) is 49.3 Å². The van der Waals surface area contributed by atoms with Gasteiger partial charge >= 0.3 is 0 Å². The highest BCUT2D eigenvalue weighted by Crippen LogP contribution is 2.45. The van der Waals surface area contributed by atoms with Crippen LogP contribution >= 0.6 is 0 Å². The quantitative estimate of drug-likeness (QED) is 0.738. The first-order chi connectivity index (χ1) is 6.60. The Morgan fingerprint density at radius 1 is 1.40 bits per heavy atom. The zero-order valence-electron chi connectivity index (χ0n) is 9.23. The second-order valence-corrected chi connectivity index (χ2v) is 5.35. The van der Waals surface area contributed by atoms with E-state index in [-0.39, 0.29) is 5.91 Å². The van der Waals surface area contributed by atoms with Crippen LogP contribution in [-0.2, 0) is 4.79 Å². The van der Waals surface area contributed by atoms with Crippen LogP contribution in [0.5, 0.6) is 0 Å². The number of amides is 1. The summed E-state index contributed by atoms with van der Waals surface area (Å²) in [5, 5.41) is 11.5. The van der Waals surface area contributed by atoms with Crippen LogP contribution in [0, 0.1) is 5.41 Å². The summed E-state index contributed by atoms with van der Waals surface area (Å²) in [4.78, 5) is 11.6. The van der Waals surface area contributed by atoms with Crippen LogP contribution in [0.2, 0.25) is 0 Å². The first-order valence-corrected chi connectivity index (χ1v) is 4.92. The summed E-state index contributed by atoms with van der Waals surface area (Å²) in [6.45, 7) is 4.66. The minimum absolute atomic E-state index is 0.313. The van der Waals surface area contributed by atoms with Gasteiger partial charge in [-0.3, -0.25) is 4.79 Å². The van der Waals surface area contributed by atoms with Crippen molar-refractivity contribution in [2.45, 2.75) is 45.1 Å². The van der Waals surface area contributed by atoms with Gasteiger partial charge in [0, 0.05) is 18.3 Å². The van der Waals surface area contributed by atoms with E-state index in [1.165, 1.54) is 0 Å². The zero-order chi connectivity index (χ0) is 11.9. The molecule has 2 N–H and O–H groups in total. The van der Waals surface area contributed by atoms with Gasteiger partial charge in [0.2, 0.25) is 5.91 Å². The Bertz CT molecular complexity index is 263. The molecule has 1 rings (SSSR count). The molecule has 0 spiro atoms. The van der Waals surface area contributed by atoms with Crippen LogP contribution in [0.3, 0.4) is 0 Å². The minimum atomic E-state index is -2.76. The molecule has 5 heteroatoms. The predicted molar refractivity (Wildman–Crippen MR) is 51.6 cm³/mol. The van der Waals surface area contributed by atoms with E-state index in [0.717, 1.165) is 0 Å². The maximum atomic E-state index is 12.7. The number of hydrogen-bond donors (Lipinski definition) is 2. The van der Waals surface area contributed by atoms with Gasteiger partial charge < -0.3 is 10.4 Å². The number of rotatable bonds is 2. The molecule has 1 aliphatic carbocycles. The average molecular weight is 221 g/mol. The van der Waals surface area contributed by atoms with Crippen LogP contribution < -0.4 is 5.32 Å². The van der Waals surface area contributed by atoms with Gasteiger partial charge in [-0.1, -0.05) is 20.8 Å². The third-order valence-corrected chi connectivity index (χ3v) is 2.56. The Kier molecular flexibility index (Phi) is 2.80. The fraction of sp³-hybridized carbons (Fsp3) is 0.900. The molecular weight excluding hydrogens is 204 g/mol. The Labute approximate surface area is 87.9 Å². The maximum Gasteiger partial charge on any atom is 0.252 e. The summed E-state index contributed by atoms with van der Waals surface area (Å²) in [5.41, 5.74) is -1.75. The molecular formula is C10H17F2NO2. The SMILES string of the molecule is CC(C)(C)C(=O)NC1(CO)CC(F)(F)C1. The first-order valence-electron chi connectivity index (χ1n) is 4.92. The molecule has 1 amide bonds. The fourth-order valence-electron chi connectivity index (χ4n) is 1.61. The van der Waals surface area contributed by atoms with E-state index in [1.54, 1.807) is 20.8 Å². The summed E-state index contributed by atoms with van der Waals surface area (Å²) in [7, 11) is 0. The van der Waals surface area contributed by atoms with Crippen LogP contribution in [0.15, 0.2) is 0 Å². The van der Waals surface area contributed by atoms with E-state index in [2.05, 4.69) is 5.32 Å². The smallest absolute Gasteiger partial charge is 0.252 e. The third kappa shape index (κ3) is 2.65. The van der Waals surface area contributed by atoms with Gasteiger partial charge in [-0.05, 0) is 0 Å². The number of aliphatic hydroxyl groups excluding tert-OH is 1. The molecule has 0 unspecified atom stereocenters. The van der Waals surface area contributed by atoms with Gasteiger partial charge in [0.15, 0.2) is 0 Å². The largest absolute Gasteiger partial charge is 0.394 e. The van der Waals surface area contributed by atoms with Gasteiger partial charge in [-0.25, -0.2) is 8.78 Å². The van der Waals surface area contributed by atoms with Gasteiger partial charge in [-0.2, -0.15) is 0 Å². The number of carbonyl (C=O) groups is 1. The van der Waals surface area contributed by atoms with Crippen LogP contribution in [0.1, 0.15) is 33.6 Å². The van der Waals surface area contributed by atoms with E-state index in [9.17, 15) is 13.6 Å². The predicted octanol–water partition coefficient (Wildman–Crippen LogP) is 1.31. The highest BCUT2D eigenvalue weighted by Gasteiger charge is 2.57. The molecule has 3 nitrogen and oxygen atoms in total. The molecule has 1 saturated carbocycles. The lowest BCUT2D eigenvalue weighted by molar-refractivity contribution is -0.160. The van der Waals surface area contributed by atoms with Crippen molar-refractivity contribution in [2.24, 2.45) is 5.41 Å². The number of carbonyl (C=O) groups excluding carboxylic acids is 1. The molecule has 0 aromatic carbocycles. The van der Waals surface area contributed by atoms with Gasteiger partial charge in [-0.15, -0.1) is 0 Å². The number of halogens is 2. The van der Waals surface area contributed by atoms with E-state index in [0.29, 0.717) is 0 Å². The molecule has 15 heavy (non-hydrogen) atoms. The molecule has 0 aromatic heterocycles. The molecule has 0 saturated heterocycles. The van der Waals surface area contributed by atoms with Crippen molar-refractivity contribution >= 4 is 5.91 Å². The van der Waals surface area contributed by atoms with Crippen molar-refractivity contribution in [3.05, 3.63) is 0 Å². The van der Waals surface area contributed by atoms with Crippen molar-refractivity contribution in [3.63, 3.8) is 0 Å². The molecule has 88 valence electrons. The molecule has 0 atom stereocenters. The summed E-state index contributed by atoms with van der Waals surface area (Å²) in [5.74, 6) is -3.07. The summed E-state index contributed by atoms with van der Waals surface area (Å²) in [6.07, 6.45) is -0.948. The summed E-state index contributed by atoms with van der Waals surface area (Å²) >= 11 is 0. The van der Waals surface area contributed by atoms with E-state index in [1.807, 2.05) is 0 Å². The summed E-state index contributed by atoms with van der Waals surface area (Å²) < 4.78 is 25.4. The number of aliphatic hydroxyl groups is 1. The normalized spacial score (nSPS) is 23.1. The standard InChI is InChI=1S/C10H17F2NO2/c1-8(2,3)7(15)13-9(6-14)4-10(11,12)5-9/h14H,4-6H2,1-3H3,(H,13,15). The van der Waals surface area contributed by atoms with E-state index < -0.39 is 36.3 Å². The molecule has 1 fully saturated rings. The maximum absolute atomic E-state index is 12.7. The highest BCUT2D eigenvalue weighted by molar-refractivity contribution is 5.82. The van der Waals surface area contributed by atoms with Gasteiger partial charge in [0.05, 0.1) is 12.1 Å². The van der Waals surface area contributed by atoms with Gasteiger partial charge in [0.1, 0.15) is 0 Å². The van der Waals surface area contributed by atoms with Crippen LogP contribution in [0.25, 0.3) is 0 Å². The van der Waals surface area contributed by atoms with Crippen molar-refractivity contribution < 1.29 is 18.7 Å². The molecule has 1 aliphatic rings. The van der Waals surface area contributed by atoms with Crippen molar-refractivity contribution in [1.29, 1.82) is 0 Å². The number of hydrogen-bond acceptors (Lipinski definition) is 2. The van der Waals surface area contributed by atoms with Crippen molar-refractivity contribution in [1.82, 2.24) is 5.32 Å². The average Bonchev–Trinajstić information content (AvgIpc) is 1.98. The lowest BCUT2D eigenvalue weighted by Crippen LogP contribution is -2.65. The van der Waals surface area contributed by atoms with Gasteiger partial charge in [0.25, 0.3) is 5.92 Å². The monoisotopic (exact) mass is 221 g/mol. The molecule has 0 radical (unpaired) electrons. The number of nitrogens with one attached hydrogen (secondary N) is 1. The second kappa shape index (κ2) is 3.40. The Hall–Kier alpha value is -0.710. The third-order valence-electron chi connectivity index (χ3n) is 2.56. The number of alkyl halides is 2. The van der Waals surface area contributed by atoms with Crippen LogP contribution in [-0.4, -0.2) is 29.1 Å². The van der Waals surface area contributed by atoms with Crippen molar-refractivity contribution in [3.8, 4) is 0 Å². The Morgan fingerprint density at radius 3 is 2.13 bits per heavy atom. The lowest BCUT2D eigenvalue weighted by Gasteiger charge is -2.47.